The molecule has 0 radical (unpaired) electrons. The summed E-state index contributed by atoms with van der Waals surface area (Å²) in [6.45, 7) is 7.84. The van der Waals surface area contributed by atoms with Crippen molar-refractivity contribution in [3.63, 3.8) is 0 Å². The molecule has 0 aliphatic carbocycles. The molecule has 2 aromatic carbocycles. The summed E-state index contributed by atoms with van der Waals surface area (Å²) in [7, 11) is 0. The molecular weight excluding hydrogens is 326 g/mol. The Labute approximate surface area is 135 Å². The minimum atomic E-state index is 0.479. The molecule has 0 heterocycles. The van der Waals surface area contributed by atoms with E-state index in [0.29, 0.717) is 12.6 Å². The predicted octanol–water partition coefficient (Wildman–Crippen LogP) is 4.83. The summed E-state index contributed by atoms with van der Waals surface area (Å²) in [5.74, 6) is 0.935. The SMILES string of the molecule is Cc1cc(Br)ccc1OCc1ccccc1CNC(C)C. The molecule has 3 heteroatoms. The smallest absolute Gasteiger partial charge is 0.122 e. The second-order valence-electron chi connectivity index (χ2n) is 5.50. The number of nitrogens with one attached hydrogen (secondary N) is 1. The van der Waals surface area contributed by atoms with Gasteiger partial charge in [0.15, 0.2) is 0 Å². The van der Waals surface area contributed by atoms with E-state index < -0.39 is 0 Å². The van der Waals surface area contributed by atoms with Gasteiger partial charge in [0.1, 0.15) is 12.4 Å². The molecule has 2 aromatic rings. The first kappa shape index (κ1) is 16.1. The van der Waals surface area contributed by atoms with Gasteiger partial charge in [-0.3, -0.25) is 0 Å². The molecule has 2 rings (SSSR count). The van der Waals surface area contributed by atoms with E-state index in [4.69, 9.17) is 4.74 Å². The lowest BCUT2D eigenvalue weighted by Gasteiger charge is -2.14. The number of halogens is 1. The molecule has 21 heavy (non-hydrogen) atoms. The van der Waals surface area contributed by atoms with Gasteiger partial charge in [0.25, 0.3) is 0 Å². The number of aryl methyl sites for hydroxylation is 1. The number of benzene rings is 2. The molecule has 0 fully saturated rings. The van der Waals surface area contributed by atoms with Crippen LogP contribution in [0.5, 0.6) is 5.75 Å². The highest BCUT2D eigenvalue weighted by Gasteiger charge is 2.05. The Kier molecular flexibility index (Phi) is 5.83. The van der Waals surface area contributed by atoms with Gasteiger partial charge in [-0.1, -0.05) is 54.0 Å². The van der Waals surface area contributed by atoms with E-state index in [-0.39, 0.29) is 0 Å². The highest BCUT2D eigenvalue weighted by atomic mass is 79.9. The number of hydrogen-bond donors (Lipinski definition) is 1. The van der Waals surface area contributed by atoms with Crippen LogP contribution >= 0.6 is 15.9 Å². The quantitative estimate of drug-likeness (QED) is 0.807. The molecule has 0 amide bonds. The van der Waals surface area contributed by atoms with Gasteiger partial charge >= 0.3 is 0 Å². The number of hydrogen-bond acceptors (Lipinski definition) is 2. The molecule has 0 saturated carbocycles. The van der Waals surface area contributed by atoms with Gasteiger partial charge in [0.2, 0.25) is 0 Å². The fourth-order valence-corrected chi connectivity index (χ4v) is 2.59. The van der Waals surface area contributed by atoms with Crippen LogP contribution in [0.2, 0.25) is 0 Å². The van der Waals surface area contributed by atoms with Crippen molar-refractivity contribution in [1.29, 1.82) is 0 Å². The van der Waals surface area contributed by atoms with E-state index in [1.54, 1.807) is 0 Å². The van der Waals surface area contributed by atoms with Gasteiger partial charge in [-0.05, 0) is 41.8 Å². The zero-order valence-electron chi connectivity index (χ0n) is 12.8. The van der Waals surface area contributed by atoms with E-state index in [2.05, 4.69) is 72.3 Å². The van der Waals surface area contributed by atoms with Crippen LogP contribution in [0.1, 0.15) is 30.5 Å². The lowest BCUT2D eigenvalue weighted by Crippen LogP contribution is -2.22. The maximum absolute atomic E-state index is 5.98. The van der Waals surface area contributed by atoms with E-state index in [1.165, 1.54) is 11.1 Å². The average molecular weight is 348 g/mol. The Balaban J connectivity index is 2.05. The van der Waals surface area contributed by atoms with Gasteiger partial charge in [-0.25, -0.2) is 0 Å². The van der Waals surface area contributed by atoms with Crippen LogP contribution in [0, 0.1) is 6.92 Å². The van der Waals surface area contributed by atoms with Crippen LogP contribution in [-0.2, 0) is 13.2 Å². The van der Waals surface area contributed by atoms with E-state index in [1.807, 2.05) is 12.1 Å². The Morgan fingerprint density at radius 2 is 1.81 bits per heavy atom. The fourth-order valence-electron chi connectivity index (χ4n) is 2.12. The van der Waals surface area contributed by atoms with Crippen molar-refractivity contribution in [2.75, 3.05) is 0 Å². The molecule has 0 aliphatic rings. The maximum Gasteiger partial charge on any atom is 0.122 e. The van der Waals surface area contributed by atoms with Crippen molar-refractivity contribution in [3.8, 4) is 5.75 Å². The van der Waals surface area contributed by atoms with Crippen molar-refractivity contribution in [1.82, 2.24) is 5.32 Å². The first-order chi connectivity index (χ1) is 10.1. The second-order valence-corrected chi connectivity index (χ2v) is 6.42. The summed E-state index contributed by atoms with van der Waals surface area (Å²) in [6.07, 6.45) is 0. The normalized spacial score (nSPS) is 10.9. The fraction of sp³-hybridized carbons (Fsp3) is 0.333. The van der Waals surface area contributed by atoms with Crippen molar-refractivity contribution in [3.05, 3.63) is 63.6 Å². The van der Waals surface area contributed by atoms with Gasteiger partial charge in [0, 0.05) is 17.1 Å². The number of rotatable bonds is 6. The summed E-state index contributed by atoms with van der Waals surface area (Å²) in [4.78, 5) is 0. The van der Waals surface area contributed by atoms with E-state index in [9.17, 15) is 0 Å². The van der Waals surface area contributed by atoms with Gasteiger partial charge in [-0.2, -0.15) is 0 Å². The van der Waals surface area contributed by atoms with E-state index >= 15 is 0 Å². The predicted molar refractivity (Wildman–Crippen MR) is 91.6 cm³/mol. The van der Waals surface area contributed by atoms with Crippen molar-refractivity contribution in [2.24, 2.45) is 0 Å². The molecule has 0 aromatic heterocycles. The Bertz CT molecular complexity index is 596. The van der Waals surface area contributed by atoms with E-state index in [0.717, 1.165) is 22.3 Å². The van der Waals surface area contributed by atoms with Crippen LogP contribution in [0.4, 0.5) is 0 Å². The topological polar surface area (TPSA) is 21.3 Å². The molecule has 0 aliphatic heterocycles. The van der Waals surface area contributed by atoms with Crippen molar-refractivity contribution in [2.45, 2.75) is 40.0 Å². The van der Waals surface area contributed by atoms with Gasteiger partial charge in [0.05, 0.1) is 0 Å². The zero-order chi connectivity index (χ0) is 15.2. The Morgan fingerprint density at radius 1 is 1.10 bits per heavy atom. The number of ether oxygens (including phenoxy) is 1. The molecule has 1 N–H and O–H groups in total. The summed E-state index contributed by atoms with van der Waals surface area (Å²) in [6, 6.07) is 15.0. The summed E-state index contributed by atoms with van der Waals surface area (Å²) in [5.41, 5.74) is 3.66. The first-order valence-electron chi connectivity index (χ1n) is 7.25. The van der Waals surface area contributed by atoms with Crippen LogP contribution in [0.25, 0.3) is 0 Å². The van der Waals surface area contributed by atoms with Gasteiger partial charge in [-0.15, -0.1) is 0 Å². The summed E-state index contributed by atoms with van der Waals surface area (Å²) < 4.78 is 7.05. The molecule has 0 bridgehead atoms. The molecule has 0 atom stereocenters. The lowest BCUT2D eigenvalue weighted by atomic mass is 10.1. The molecule has 0 unspecified atom stereocenters. The van der Waals surface area contributed by atoms with Crippen LogP contribution in [0.3, 0.4) is 0 Å². The van der Waals surface area contributed by atoms with Crippen LogP contribution in [0.15, 0.2) is 46.9 Å². The zero-order valence-corrected chi connectivity index (χ0v) is 14.4. The monoisotopic (exact) mass is 347 g/mol. The third kappa shape index (κ3) is 4.87. The molecular formula is C18H22BrNO. The standard InChI is InChI=1S/C18H22BrNO/c1-13(2)20-11-15-6-4-5-7-16(15)12-21-18-9-8-17(19)10-14(18)3/h4-10,13,20H,11-12H2,1-3H3. The molecule has 112 valence electrons. The van der Waals surface area contributed by atoms with Crippen LogP contribution in [-0.4, -0.2) is 6.04 Å². The molecule has 0 spiro atoms. The lowest BCUT2D eigenvalue weighted by molar-refractivity contribution is 0.302. The Hall–Kier alpha value is -1.32. The van der Waals surface area contributed by atoms with Gasteiger partial charge < -0.3 is 10.1 Å². The highest BCUT2D eigenvalue weighted by Crippen LogP contribution is 2.23. The Morgan fingerprint density at radius 3 is 2.48 bits per heavy atom. The van der Waals surface area contributed by atoms with Crippen molar-refractivity contribution < 1.29 is 4.74 Å². The third-order valence-corrected chi connectivity index (χ3v) is 3.83. The minimum absolute atomic E-state index is 0.479. The largest absolute Gasteiger partial charge is 0.489 e. The highest BCUT2D eigenvalue weighted by molar-refractivity contribution is 9.10. The molecule has 0 saturated heterocycles. The third-order valence-electron chi connectivity index (χ3n) is 3.34. The second kappa shape index (κ2) is 7.62. The molecule has 2 nitrogen and oxygen atoms in total. The average Bonchev–Trinajstić information content (AvgIpc) is 2.45. The summed E-state index contributed by atoms with van der Waals surface area (Å²) >= 11 is 3.47. The van der Waals surface area contributed by atoms with Crippen LogP contribution < -0.4 is 10.1 Å². The first-order valence-corrected chi connectivity index (χ1v) is 8.04. The minimum Gasteiger partial charge on any atom is -0.489 e. The maximum atomic E-state index is 5.98. The van der Waals surface area contributed by atoms with Crippen molar-refractivity contribution >= 4 is 15.9 Å². The summed E-state index contributed by atoms with van der Waals surface area (Å²) in [5, 5.41) is 3.46.